The van der Waals surface area contributed by atoms with Crippen LogP contribution in [0.25, 0.3) is 0 Å². The molecular formula is C14H12FNO2. The highest BCUT2D eigenvalue weighted by Gasteiger charge is 2.10. The molecule has 2 aromatic rings. The maximum absolute atomic E-state index is 13.5. The van der Waals surface area contributed by atoms with Crippen LogP contribution in [-0.2, 0) is 6.61 Å². The number of ether oxygens (including phenoxy) is 1. The van der Waals surface area contributed by atoms with Crippen molar-refractivity contribution in [1.29, 1.82) is 0 Å². The fourth-order valence-corrected chi connectivity index (χ4v) is 1.58. The van der Waals surface area contributed by atoms with Gasteiger partial charge in [-0.3, -0.25) is 9.78 Å². The molecule has 18 heavy (non-hydrogen) atoms. The molecule has 92 valence electrons. The molecule has 3 nitrogen and oxygen atoms in total. The Morgan fingerprint density at radius 1 is 1.33 bits per heavy atom. The third kappa shape index (κ3) is 2.53. The van der Waals surface area contributed by atoms with E-state index < -0.39 is 5.82 Å². The Labute approximate surface area is 104 Å². The van der Waals surface area contributed by atoms with Crippen LogP contribution in [0.1, 0.15) is 21.6 Å². The number of halogens is 1. The average Bonchev–Trinajstić information content (AvgIpc) is 2.39. The molecule has 0 radical (unpaired) electrons. The van der Waals surface area contributed by atoms with E-state index >= 15 is 0 Å². The number of para-hydroxylation sites is 1. The van der Waals surface area contributed by atoms with Crippen molar-refractivity contribution in [2.24, 2.45) is 0 Å². The Bertz CT molecular complexity index is 569. The molecule has 0 saturated carbocycles. The third-order valence-electron chi connectivity index (χ3n) is 2.60. The Morgan fingerprint density at radius 3 is 2.89 bits per heavy atom. The van der Waals surface area contributed by atoms with Crippen molar-refractivity contribution in [3.8, 4) is 5.75 Å². The Kier molecular flexibility index (Phi) is 3.67. The van der Waals surface area contributed by atoms with Crippen LogP contribution in [0.4, 0.5) is 4.39 Å². The molecule has 0 N–H and O–H groups in total. The fourth-order valence-electron chi connectivity index (χ4n) is 1.58. The zero-order chi connectivity index (χ0) is 13.0. The number of pyridine rings is 1. The lowest BCUT2D eigenvalue weighted by atomic mass is 10.2. The fraction of sp³-hybridized carbons (Fsp3) is 0.143. The predicted octanol–water partition coefficient (Wildman–Crippen LogP) is 2.92. The first-order chi connectivity index (χ1) is 8.72. The van der Waals surface area contributed by atoms with Gasteiger partial charge in [0.15, 0.2) is 17.9 Å². The normalized spacial score (nSPS) is 10.1. The molecule has 0 bridgehead atoms. The van der Waals surface area contributed by atoms with E-state index in [0.717, 1.165) is 11.3 Å². The Balaban J connectivity index is 2.21. The van der Waals surface area contributed by atoms with Crippen LogP contribution in [0.3, 0.4) is 0 Å². The van der Waals surface area contributed by atoms with Gasteiger partial charge in [-0.15, -0.1) is 0 Å². The van der Waals surface area contributed by atoms with Crippen molar-refractivity contribution in [1.82, 2.24) is 4.98 Å². The molecule has 0 unspecified atom stereocenters. The zero-order valence-corrected chi connectivity index (χ0v) is 9.89. The van der Waals surface area contributed by atoms with Crippen LogP contribution >= 0.6 is 0 Å². The van der Waals surface area contributed by atoms with Gasteiger partial charge in [0.2, 0.25) is 0 Å². The summed E-state index contributed by atoms with van der Waals surface area (Å²) in [5.41, 5.74) is 1.88. The van der Waals surface area contributed by atoms with E-state index in [0.29, 0.717) is 6.29 Å². The van der Waals surface area contributed by atoms with Crippen LogP contribution < -0.4 is 4.74 Å². The molecule has 1 heterocycles. The highest BCUT2D eigenvalue weighted by atomic mass is 19.1. The summed E-state index contributed by atoms with van der Waals surface area (Å²) in [5, 5.41) is 0. The van der Waals surface area contributed by atoms with Crippen molar-refractivity contribution >= 4 is 6.29 Å². The molecule has 1 aromatic carbocycles. The van der Waals surface area contributed by atoms with Gasteiger partial charge in [0.05, 0.1) is 11.3 Å². The second-order valence-corrected chi connectivity index (χ2v) is 3.83. The van der Waals surface area contributed by atoms with Gasteiger partial charge in [-0.2, -0.15) is 0 Å². The van der Waals surface area contributed by atoms with Crippen molar-refractivity contribution in [3.05, 3.63) is 59.2 Å². The molecule has 0 amide bonds. The van der Waals surface area contributed by atoms with Crippen LogP contribution in [0.2, 0.25) is 0 Å². The van der Waals surface area contributed by atoms with Crippen molar-refractivity contribution in [2.45, 2.75) is 13.5 Å². The summed E-state index contributed by atoms with van der Waals surface area (Å²) in [6, 6.07) is 7.95. The molecule has 0 aliphatic rings. The predicted molar refractivity (Wildman–Crippen MR) is 65.1 cm³/mol. The maximum atomic E-state index is 13.5. The van der Waals surface area contributed by atoms with E-state index in [2.05, 4.69) is 4.98 Å². The zero-order valence-electron chi connectivity index (χ0n) is 9.89. The molecule has 0 fully saturated rings. The monoisotopic (exact) mass is 245 g/mol. The number of carbonyl (C=O) groups is 1. The second kappa shape index (κ2) is 5.40. The number of benzene rings is 1. The van der Waals surface area contributed by atoms with Gasteiger partial charge in [-0.05, 0) is 30.7 Å². The standard InChI is InChI=1S/C14H12FNO2/c1-10-4-3-7-16-13(10)9-18-14-11(8-17)5-2-6-12(14)15/h2-8H,9H2,1H3. The molecular weight excluding hydrogens is 233 g/mol. The van der Waals surface area contributed by atoms with Crippen molar-refractivity contribution in [2.75, 3.05) is 0 Å². The summed E-state index contributed by atoms with van der Waals surface area (Å²) in [6.07, 6.45) is 2.22. The van der Waals surface area contributed by atoms with E-state index in [1.807, 2.05) is 19.1 Å². The molecule has 0 aliphatic heterocycles. The molecule has 0 aliphatic carbocycles. The van der Waals surface area contributed by atoms with E-state index in [9.17, 15) is 9.18 Å². The van der Waals surface area contributed by atoms with E-state index in [1.165, 1.54) is 18.2 Å². The van der Waals surface area contributed by atoms with Crippen LogP contribution in [0.5, 0.6) is 5.75 Å². The first-order valence-corrected chi connectivity index (χ1v) is 5.49. The van der Waals surface area contributed by atoms with Gasteiger partial charge in [-0.25, -0.2) is 4.39 Å². The lowest BCUT2D eigenvalue weighted by Crippen LogP contribution is -2.03. The summed E-state index contributed by atoms with van der Waals surface area (Å²) in [7, 11) is 0. The summed E-state index contributed by atoms with van der Waals surface area (Å²) in [4.78, 5) is 14.9. The SMILES string of the molecule is Cc1cccnc1COc1c(F)cccc1C=O. The summed E-state index contributed by atoms with van der Waals surface area (Å²) in [5.74, 6) is -0.578. The molecule has 1 aromatic heterocycles. The molecule has 0 saturated heterocycles. The molecule has 0 spiro atoms. The number of nitrogens with zero attached hydrogens (tertiary/aromatic N) is 1. The minimum atomic E-state index is -0.548. The maximum Gasteiger partial charge on any atom is 0.166 e. The van der Waals surface area contributed by atoms with Gasteiger partial charge in [0, 0.05) is 6.20 Å². The van der Waals surface area contributed by atoms with Crippen LogP contribution in [0, 0.1) is 12.7 Å². The Hall–Kier alpha value is -2.23. The number of carbonyl (C=O) groups excluding carboxylic acids is 1. The third-order valence-corrected chi connectivity index (χ3v) is 2.60. The molecule has 2 rings (SSSR count). The minimum absolute atomic E-state index is 0.0300. The first-order valence-electron chi connectivity index (χ1n) is 5.49. The Morgan fingerprint density at radius 2 is 2.17 bits per heavy atom. The topological polar surface area (TPSA) is 39.2 Å². The van der Waals surface area contributed by atoms with Crippen LogP contribution in [0.15, 0.2) is 36.5 Å². The largest absolute Gasteiger partial charge is 0.483 e. The van der Waals surface area contributed by atoms with Gasteiger partial charge in [-0.1, -0.05) is 12.1 Å². The van der Waals surface area contributed by atoms with Gasteiger partial charge in [0.1, 0.15) is 6.61 Å². The lowest BCUT2D eigenvalue weighted by molar-refractivity contribution is 0.111. The van der Waals surface area contributed by atoms with Crippen molar-refractivity contribution in [3.63, 3.8) is 0 Å². The van der Waals surface area contributed by atoms with E-state index in [4.69, 9.17) is 4.74 Å². The number of hydrogen-bond donors (Lipinski definition) is 0. The quantitative estimate of drug-likeness (QED) is 0.777. The highest BCUT2D eigenvalue weighted by Crippen LogP contribution is 2.22. The summed E-state index contributed by atoms with van der Waals surface area (Å²) in [6.45, 7) is 2.03. The smallest absolute Gasteiger partial charge is 0.166 e. The average molecular weight is 245 g/mol. The number of rotatable bonds is 4. The summed E-state index contributed by atoms with van der Waals surface area (Å²) < 4.78 is 18.9. The van der Waals surface area contributed by atoms with Gasteiger partial charge >= 0.3 is 0 Å². The van der Waals surface area contributed by atoms with Crippen LogP contribution in [-0.4, -0.2) is 11.3 Å². The number of aryl methyl sites for hydroxylation is 1. The highest BCUT2D eigenvalue weighted by molar-refractivity contribution is 5.79. The number of aldehydes is 1. The summed E-state index contributed by atoms with van der Waals surface area (Å²) >= 11 is 0. The lowest BCUT2D eigenvalue weighted by Gasteiger charge is -2.10. The van der Waals surface area contributed by atoms with E-state index in [-0.39, 0.29) is 17.9 Å². The first kappa shape index (κ1) is 12.2. The number of aromatic nitrogens is 1. The molecule has 4 heteroatoms. The molecule has 0 atom stereocenters. The minimum Gasteiger partial charge on any atom is -0.483 e. The van der Waals surface area contributed by atoms with Crippen molar-refractivity contribution < 1.29 is 13.9 Å². The number of hydrogen-bond acceptors (Lipinski definition) is 3. The van der Waals surface area contributed by atoms with Gasteiger partial charge < -0.3 is 4.74 Å². The van der Waals surface area contributed by atoms with E-state index in [1.54, 1.807) is 6.20 Å². The second-order valence-electron chi connectivity index (χ2n) is 3.83. The van der Waals surface area contributed by atoms with Gasteiger partial charge in [0.25, 0.3) is 0 Å².